The SMILES string of the molecule is CCC(NC(=O)c1ccccc1)C(=O)NCCc1ccc(OC)c(OC)c1. The highest BCUT2D eigenvalue weighted by molar-refractivity contribution is 5.97. The molecule has 1 atom stereocenters. The lowest BCUT2D eigenvalue weighted by Gasteiger charge is -2.17. The van der Waals surface area contributed by atoms with Crippen LogP contribution in [0.25, 0.3) is 0 Å². The summed E-state index contributed by atoms with van der Waals surface area (Å²) >= 11 is 0. The van der Waals surface area contributed by atoms with Crippen LogP contribution in [0, 0.1) is 0 Å². The molecular formula is C21H26N2O4. The normalized spacial score (nSPS) is 11.4. The summed E-state index contributed by atoms with van der Waals surface area (Å²) in [6.45, 7) is 2.33. The fourth-order valence-corrected chi connectivity index (χ4v) is 2.67. The quantitative estimate of drug-likeness (QED) is 0.711. The second-order valence-corrected chi connectivity index (χ2v) is 6.03. The van der Waals surface area contributed by atoms with E-state index in [2.05, 4.69) is 10.6 Å². The molecular weight excluding hydrogens is 344 g/mol. The van der Waals surface area contributed by atoms with E-state index in [9.17, 15) is 9.59 Å². The topological polar surface area (TPSA) is 76.7 Å². The smallest absolute Gasteiger partial charge is 0.251 e. The molecule has 2 aromatic rings. The predicted octanol–water partition coefficient (Wildman–Crippen LogP) is 2.57. The van der Waals surface area contributed by atoms with Gasteiger partial charge < -0.3 is 20.1 Å². The highest BCUT2D eigenvalue weighted by Crippen LogP contribution is 2.27. The first-order chi connectivity index (χ1) is 13.1. The van der Waals surface area contributed by atoms with Gasteiger partial charge in [-0.25, -0.2) is 0 Å². The summed E-state index contributed by atoms with van der Waals surface area (Å²) in [5.41, 5.74) is 1.56. The van der Waals surface area contributed by atoms with Crippen molar-refractivity contribution in [2.24, 2.45) is 0 Å². The lowest BCUT2D eigenvalue weighted by Crippen LogP contribution is -2.46. The molecule has 1 unspecified atom stereocenters. The summed E-state index contributed by atoms with van der Waals surface area (Å²) in [4.78, 5) is 24.6. The number of amides is 2. The fraction of sp³-hybridized carbons (Fsp3) is 0.333. The molecule has 0 saturated carbocycles. The van der Waals surface area contributed by atoms with Gasteiger partial charge in [-0.15, -0.1) is 0 Å². The van der Waals surface area contributed by atoms with Crippen molar-refractivity contribution in [1.29, 1.82) is 0 Å². The van der Waals surface area contributed by atoms with Crippen LogP contribution in [0.5, 0.6) is 11.5 Å². The van der Waals surface area contributed by atoms with Gasteiger partial charge in [0.1, 0.15) is 6.04 Å². The Labute approximate surface area is 159 Å². The van der Waals surface area contributed by atoms with Crippen molar-refractivity contribution in [2.45, 2.75) is 25.8 Å². The van der Waals surface area contributed by atoms with Crippen LogP contribution in [-0.2, 0) is 11.2 Å². The van der Waals surface area contributed by atoms with Crippen LogP contribution in [0.15, 0.2) is 48.5 Å². The standard InChI is InChI=1S/C21H26N2O4/c1-4-17(23-20(24)16-8-6-5-7-9-16)21(25)22-13-12-15-10-11-18(26-2)19(14-15)27-3/h5-11,14,17H,4,12-13H2,1-3H3,(H,22,25)(H,23,24). The summed E-state index contributed by atoms with van der Waals surface area (Å²) in [6.07, 6.45) is 1.16. The molecule has 0 radical (unpaired) electrons. The van der Waals surface area contributed by atoms with Gasteiger partial charge in [-0.3, -0.25) is 9.59 Å². The van der Waals surface area contributed by atoms with Crippen LogP contribution in [-0.4, -0.2) is 38.6 Å². The van der Waals surface area contributed by atoms with Gasteiger partial charge in [0.15, 0.2) is 11.5 Å². The minimum absolute atomic E-state index is 0.192. The zero-order valence-electron chi connectivity index (χ0n) is 16.0. The van der Waals surface area contributed by atoms with Gasteiger partial charge in [0.25, 0.3) is 5.91 Å². The highest BCUT2D eigenvalue weighted by atomic mass is 16.5. The molecule has 0 aromatic heterocycles. The lowest BCUT2D eigenvalue weighted by molar-refractivity contribution is -0.123. The number of ether oxygens (including phenoxy) is 2. The number of methoxy groups -OCH3 is 2. The molecule has 2 amide bonds. The van der Waals surface area contributed by atoms with Gasteiger partial charge in [-0.05, 0) is 42.7 Å². The molecule has 2 N–H and O–H groups in total. The van der Waals surface area contributed by atoms with Gasteiger partial charge in [-0.2, -0.15) is 0 Å². The van der Waals surface area contributed by atoms with Crippen molar-refractivity contribution in [2.75, 3.05) is 20.8 Å². The maximum absolute atomic E-state index is 12.4. The Morgan fingerprint density at radius 1 is 1.00 bits per heavy atom. The minimum atomic E-state index is -0.567. The average Bonchev–Trinajstić information content (AvgIpc) is 2.72. The van der Waals surface area contributed by atoms with E-state index in [1.165, 1.54) is 0 Å². The van der Waals surface area contributed by atoms with Gasteiger partial charge >= 0.3 is 0 Å². The number of nitrogens with one attached hydrogen (secondary N) is 2. The van der Waals surface area contributed by atoms with Gasteiger partial charge in [0, 0.05) is 12.1 Å². The Bertz CT molecular complexity index is 762. The molecule has 0 heterocycles. The molecule has 0 fully saturated rings. The molecule has 0 saturated heterocycles. The molecule has 144 valence electrons. The van der Waals surface area contributed by atoms with Gasteiger partial charge in [0.05, 0.1) is 14.2 Å². The summed E-state index contributed by atoms with van der Waals surface area (Å²) in [5.74, 6) is 0.877. The van der Waals surface area contributed by atoms with Gasteiger partial charge in [0.2, 0.25) is 5.91 Å². The number of carbonyl (C=O) groups is 2. The van der Waals surface area contributed by atoms with Crippen LogP contribution >= 0.6 is 0 Å². The van der Waals surface area contributed by atoms with Crippen molar-refractivity contribution in [3.63, 3.8) is 0 Å². The van der Waals surface area contributed by atoms with Gasteiger partial charge in [-0.1, -0.05) is 31.2 Å². The van der Waals surface area contributed by atoms with E-state index < -0.39 is 6.04 Å². The third-order valence-electron chi connectivity index (χ3n) is 4.23. The van der Waals surface area contributed by atoms with Crippen molar-refractivity contribution in [1.82, 2.24) is 10.6 Å². The van der Waals surface area contributed by atoms with Crippen LogP contribution in [0.3, 0.4) is 0 Å². The van der Waals surface area contributed by atoms with E-state index in [0.717, 1.165) is 5.56 Å². The minimum Gasteiger partial charge on any atom is -0.493 e. The van der Waals surface area contributed by atoms with Crippen LogP contribution in [0.2, 0.25) is 0 Å². The lowest BCUT2D eigenvalue weighted by atomic mass is 10.1. The fourth-order valence-electron chi connectivity index (χ4n) is 2.67. The predicted molar refractivity (Wildman–Crippen MR) is 104 cm³/mol. The average molecular weight is 370 g/mol. The van der Waals surface area contributed by atoms with Crippen LogP contribution < -0.4 is 20.1 Å². The molecule has 0 spiro atoms. The van der Waals surface area contributed by atoms with E-state index in [0.29, 0.717) is 36.4 Å². The zero-order valence-corrected chi connectivity index (χ0v) is 16.0. The Morgan fingerprint density at radius 3 is 2.33 bits per heavy atom. The van der Waals surface area contributed by atoms with Crippen LogP contribution in [0.1, 0.15) is 29.3 Å². The molecule has 6 nitrogen and oxygen atoms in total. The van der Waals surface area contributed by atoms with Crippen LogP contribution in [0.4, 0.5) is 0 Å². The summed E-state index contributed by atoms with van der Waals surface area (Å²) < 4.78 is 10.5. The largest absolute Gasteiger partial charge is 0.493 e. The Morgan fingerprint density at radius 2 is 1.70 bits per heavy atom. The Hall–Kier alpha value is -3.02. The first-order valence-corrected chi connectivity index (χ1v) is 8.93. The molecule has 2 aromatic carbocycles. The van der Waals surface area contributed by atoms with Crippen molar-refractivity contribution in [3.8, 4) is 11.5 Å². The van der Waals surface area contributed by atoms with E-state index in [1.54, 1.807) is 38.5 Å². The molecule has 2 rings (SSSR count). The molecule has 6 heteroatoms. The van der Waals surface area contributed by atoms with Crippen molar-refractivity contribution < 1.29 is 19.1 Å². The van der Waals surface area contributed by atoms with Crippen molar-refractivity contribution in [3.05, 3.63) is 59.7 Å². The molecule has 0 bridgehead atoms. The molecule has 0 aliphatic carbocycles. The molecule has 0 aliphatic rings. The highest BCUT2D eigenvalue weighted by Gasteiger charge is 2.19. The maximum Gasteiger partial charge on any atom is 0.251 e. The Balaban J connectivity index is 1.87. The van der Waals surface area contributed by atoms with Crippen molar-refractivity contribution >= 4 is 11.8 Å². The zero-order chi connectivity index (χ0) is 19.6. The maximum atomic E-state index is 12.4. The summed E-state index contributed by atoms with van der Waals surface area (Å²) in [5, 5.41) is 5.66. The number of benzene rings is 2. The molecule has 27 heavy (non-hydrogen) atoms. The van der Waals surface area contributed by atoms with E-state index in [4.69, 9.17) is 9.47 Å². The second kappa shape index (κ2) is 10.2. The molecule has 0 aliphatic heterocycles. The summed E-state index contributed by atoms with van der Waals surface area (Å²) in [7, 11) is 3.18. The third kappa shape index (κ3) is 5.74. The second-order valence-electron chi connectivity index (χ2n) is 6.03. The monoisotopic (exact) mass is 370 g/mol. The first-order valence-electron chi connectivity index (χ1n) is 8.93. The Kier molecular flexibility index (Phi) is 7.67. The third-order valence-corrected chi connectivity index (χ3v) is 4.23. The van der Waals surface area contributed by atoms with E-state index in [-0.39, 0.29) is 11.8 Å². The first kappa shape index (κ1) is 20.3. The number of hydrogen-bond donors (Lipinski definition) is 2. The summed E-state index contributed by atoms with van der Waals surface area (Å²) in [6, 6.07) is 14.0. The number of hydrogen-bond acceptors (Lipinski definition) is 4. The van der Waals surface area contributed by atoms with E-state index >= 15 is 0 Å². The van der Waals surface area contributed by atoms with E-state index in [1.807, 2.05) is 31.2 Å². The number of rotatable bonds is 9. The number of carbonyl (C=O) groups excluding carboxylic acids is 2.